The van der Waals surface area contributed by atoms with Crippen molar-refractivity contribution in [2.75, 3.05) is 49.6 Å². The zero-order valence-corrected chi connectivity index (χ0v) is 16.3. The molecule has 1 aromatic carbocycles. The normalized spacial score (nSPS) is 18.2. The Labute approximate surface area is 165 Å². The van der Waals surface area contributed by atoms with Gasteiger partial charge in [-0.25, -0.2) is 4.98 Å². The minimum atomic E-state index is -0.0753. The number of nitrogens with zero attached hydrogens (tertiary/aromatic N) is 4. The summed E-state index contributed by atoms with van der Waals surface area (Å²) < 4.78 is 5.31. The molecule has 148 valence electrons. The lowest BCUT2D eigenvalue weighted by Crippen LogP contribution is -2.41. The van der Waals surface area contributed by atoms with Gasteiger partial charge in [0.25, 0.3) is 5.91 Å². The molecular weight excluding hydrogens is 354 g/mol. The highest BCUT2D eigenvalue weighted by Gasteiger charge is 2.22. The summed E-state index contributed by atoms with van der Waals surface area (Å²) in [6.45, 7) is 6.50. The lowest BCUT2D eigenvalue weighted by atomic mass is 10.0. The smallest absolute Gasteiger partial charge is 0.274 e. The van der Waals surface area contributed by atoms with Crippen LogP contribution >= 0.6 is 0 Å². The number of benzene rings is 1. The van der Waals surface area contributed by atoms with E-state index < -0.39 is 0 Å². The molecule has 2 saturated heterocycles. The molecule has 0 saturated carbocycles. The average molecular weight is 381 g/mol. The maximum atomic E-state index is 12.6. The Morgan fingerprint density at radius 3 is 2.68 bits per heavy atom. The van der Waals surface area contributed by atoms with Crippen LogP contribution in [0.4, 0.5) is 11.5 Å². The van der Waals surface area contributed by atoms with Crippen molar-refractivity contribution < 1.29 is 9.53 Å². The van der Waals surface area contributed by atoms with Gasteiger partial charge in [-0.2, -0.15) is 0 Å². The summed E-state index contributed by atoms with van der Waals surface area (Å²) in [4.78, 5) is 25.5. The zero-order chi connectivity index (χ0) is 19.3. The van der Waals surface area contributed by atoms with Crippen molar-refractivity contribution in [3.05, 3.63) is 47.9 Å². The molecule has 2 aliphatic heterocycles. The van der Waals surface area contributed by atoms with Crippen LogP contribution in [-0.4, -0.2) is 66.2 Å². The van der Waals surface area contributed by atoms with Crippen molar-refractivity contribution in [3.63, 3.8) is 0 Å². The Balaban J connectivity index is 1.34. The van der Waals surface area contributed by atoms with Crippen LogP contribution < -0.4 is 10.2 Å². The van der Waals surface area contributed by atoms with Crippen molar-refractivity contribution in [1.29, 1.82) is 0 Å². The molecule has 4 rings (SSSR count). The van der Waals surface area contributed by atoms with Gasteiger partial charge in [0.05, 0.1) is 25.6 Å². The quantitative estimate of drug-likeness (QED) is 0.877. The van der Waals surface area contributed by atoms with Gasteiger partial charge in [0.15, 0.2) is 0 Å². The van der Waals surface area contributed by atoms with Crippen LogP contribution in [0.2, 0.25) is 0 Å². The molecule has 7 nitrogen and oxygen atoms in total. The van der Waals surface area contributed by atoms with E-state index in [1.54, 1.807) is 17.3 Å². The van der Waals surface area contributed by atoms with Crippen molar-refractivity contribution in [2.24, 2.45) is 0 Å². The van der Waals surface area contributed by atoms with E-state index in [2.05, 4.69) is 51.4 Å². The molecule has 0 atom stereocenters. The SMILES string of the molecule is Cc1cccc(N2CCC(Nc3cncc(C(=O)N4CCOCC4)n3)CC2)c1. The molecule has 0 unspecified atom stereocenters. The Bertz CT molecular complexity index is 814. The molecule has 2 aromatic rings. The fourth-order valence-corrected chi connectivity index (χ4v) is 3.78. The number of hydrogen-bond acceptors (Lipinski definition) is 6. The Kier molecular flexibility index (Phi) is 5.71. The molecule has 1 N–H and O–H groups in total. The first-order valence-corrected chi connectivity index (χ1v) is 9.96. The Morgan fingerprint density at radius 2 is 1.93 bits per heavy atom. The number of aryl methyl sites for hydroxylation is 1. The van der Waals surface area contributed by atoms with Gasteiger partial charge in [-0.15, -0.1) is 0 Å². The number of carbonyl (C=O) groups excluding carboxylic acids is 1. The van der Waals surface area contributed by atoms with Crippen LogP contribution in [0.3, 0.4) is 0 Å². The van der Waals surface area contributed by atoms with E-state index in [1.807, 2.05) is 0 Å². The predicted molar refractivity (Wildman–Crippen MR) is 109 cm³/mol. The first-order valence-electron chi connectivity index (χ1n) is 9.96. The first kappa shape index (κ1) is 18.7. The molecule has 2 fully saturated rings. The number of hydrogen-bond donors (Lipinski definition) is 1. The maximum Gasteiger partial charge on any atom is 0.274 e. The van der Waals surface area contributed by atoms with E-state index >= 15 is 0 Å². The first-order chi connectivity index (χ1) is 13.7. The van der Waals surface area contributed by atoms with E-state index in [9.17, 15) is 4.79 Å². The Morgan fingerprint density at radius 1 is 1.14 bits per heavy atom. The summed E-state index contributed by atoms with van der Waals surface area (Å²) in [5.74, 6) is 0.599. The number of morpholine rings is 1. The fourth-order valence-electron chi connectivity index (χ4n) is 3.78. The molecule has 0 bridgehead atoms. The molecule has 2 aliphatic rings. The van der Waals surface area contributed by atoms with Gasteiger partial charge in [-0.05, 0) is 37.5 Å². The summed E-state index contributed by atoms with van der Waals surface area (Å²) in [6, 6.07) is 8.99. The Hall–Kier alpha value is -2.67. The fraction of sp³-hybridized carbons (Fsp3) is 0.476. The number of ether oxygens (including phenoxy) is 1. The summed E-state index contributed by atoms with van der Waals surface area (Å²) >= 11 is 0. The number of anilines is 2. The van der Waals surface area contributed by atoms with E-state index in [1.165, 1.54) is 11.3 Å². The van der Waals surface area contributed by atoms with E-state index in [0.29, 0.717) is 43.9 Å². The number of amides is 1. The van der Waals surface area contributed by atoms with Crippen molar-refractivity contribution >= 4 is 17.4 Å². The monoisotopic (exact) mass is 381 g/mol. The van der Waals surface area contributed by atoms with Gasteiger partial charge in [-0.3, -0.25) is 9.78 Å². The molecule has 28 heavy (non-hydrogen) atoms. The molecule has 1 amide bonds. The second-order valence-electron chi connectivity index (χ2n) is 7.44. The van der Waals surface area contributed by atoms with Gasteiger partial charge >= 0.3 is 0 Å². The number of rotatable bonds is 4. The number of piperidine rings is 1. The molecular formula is C21H27N5O2. The molecule has 0 radical (unpaired) electrons. The molecule has 0 aliphatic carbocycles. The van der Waals surface area contributed by atoms with Crippen LogP contribution in [0.15, 0.2) is 36.7 Å². The van der Waals surface area contributed by atoms with E-state index in [-0.39, 0.29) is 5.91 Å². The minimum absolute atomic E-state index is 0.0753. The van der Waals surface area contributed by atoms with E-state index in [4.69, 9.17) is 4.74 Å². The number of aromatic nitrogens is 2. The van der Waals surface area contributed by atoms with Crippen LogP contribution in [-0.2, 0) is 4.74 Å². The third-order valence-electron chi connectivity index (χ3n) is 5.37. The van der Waals surface area contributed by atoms with Crippen molar-refractivity contribution in [1.82, 2.24) is 14.9 Å². The number of nitrogens with one attached hydrogen (secondary N) is 1. The highest BCUT2D eigenvalue weighted by atomic mass is 16.5. The van der Waals surface area contributed by atoms with Gasteiger partial charge in [-0.1, -0.05) is 12.1 Å². The average Bonchev–Trinajstić information content (AvgIpc) is 2.74. The highest BCUT2D eigenvalue weighted by Crippen LogP contribution is 2.22. The number of carbonyl (C=O) groups is 1. The highest BCUT2D eigenvalue weighted by molar-refractivity contribution is 5.92. The molecule has 3 heterocycles. The lowest BCUT2D eigenvalue weighted by Gasteiger charge is -2.34. The van der Waals surface area contributed by atoms with Crippen molar-refractivity contribution in [3.8, 4) is 0 Å². The van der Waals surface area contributed by atoms with Crippen LogP contribution in [0.1, 0.15) is 28.9 Å². The second-order valence-corrected chi connectivity index (χ2v) is 7.44. The summed E-state index contributed by atoms with van der Waals surface area (Å²) in [5.41, 5.74) is 2.97. The largest absolute Gasteiger partial charge is 0.378 e. The third-order valence-corrected chi connectivity index (χ3v) is 5.37. The topological polar surface area (TPSA) is 70.6 Å². The van der Waals surface area contributed by atoms with Gasteiger partial charge in [0.2, 0.25) is 0 Å². The van der Waals surface area contributed by atoms with Crippen LogP contribution in [0.5, 0.6) is 0 Å². The molecule has 1 aromatic heterocycles. The van der Waals surface area contributed by atoms with Crippen LogP contribution in [0, 0.1) is 6.92 Å². The third kappa shape index (κ3) is 4.42. The second kappa shape index (κ2) is 8.56. The molecule has 0 spiro atoms. The van der Waals surface area contributed by atoms with E-state index in [0.717, 1.165) is 25.9 Å². The predicted octanol–water partition coefficient (Wildman–Crippen LogP) is 2.34. The van der Waals surface area contributed by atoms with Crippen molar-refractivity contribution in [2.45, 2.75) is 25.8 Å². The van der Waals surface area contributed by atoms with Gasteiger partial charge < -0.3 is 19.9 Å². The lowest BCUT2D eigenvalue weighted by molar-refractivity contribution is 0.0299. The van der Waals surface area contributed by atoms with Crippen LogP contribution in [0.25, 0.3) is 0 Å². The standard InChI is InChI=1S/C21H27N5O2/c1-16-3-2-4-18(13-16)25-7-5-17(6-8-25)23-20-15-22-14-19(24-20)21(27)26-9-11-28-12-10-26/h2-4,13-15,17H,5-12H2,1H3,(H,23,24). The zero-order valence-electron chi connectivity index (χ0n) is 16.3. The summed E-state index contributed by atoms with van der Waals surface area (Å²) in [5, 5.41) is 3.47. The van der Waals surface area contributed by atoms with Gasteiger partial charge in [0, 0.05) is 37.9 Å². The maximum absolute atomic E-state index is 12.6. The minimum Gasteiger partial charge on any atom is -0.378 e. The summed E-state index contributed by atoms with van der Waals surface area (Å²) in [7, 11) is 0. The molecule has 7 heteroatoms. The van der Waals surface area contributed by atoms with Gasteiger partial charge in [0.1, 0.15) is 11.5 Å². The summed E-state index contributed by atoms with van der Waals surface area (Å²) in [6.07, 6.45) is 5.29.